The maximum absolute atomic E-state index is 11.8. The predicted molar refractivity (Wildman–Crippen MR) is 151 cm³/mol. The first-order valence-electron chi connectivity index (χ1n) is 12.8. The number of nitrogens with two attached hydrogens (primary N) is 1. The van der Waals surface area contributed by atoms with Gasteiger partial charge in [-0.3, -0.25) is 9.36 Å². The summed E-state index contributed by atoms with van der Waals surface area (Å²) in [5.74, 6) is 0.415. The number of carboxylic acid groups (broad SMARTS) is 1. The molecule has 2 atom stereocenters. The molecule has 3 aromatic rings. The average Bonchev–Trinajstić information content (AvgIpc) is 3.24. The highest BCUT2D eigenvalue weighted by atomic mass is 35.5. The number of piperidine rings is 1. The van der Waals surface area contributed by atoms with E-state index in [2.05, 4.69) is 15.6 Å². The van der Waals surface area contributed by atoms with Crippen molar-refractivity contribution in [2.45, 2.75) is 63.6 Å². The molecule has 39 heavy (non-hydrogen) atoms. The molecule has 1 aromatic carbocycles. The van der Waals surface area contributed by atoms with Crippen LogP contribution in [0.5, 0.6) is 0 Å². The van der Waals surface area contributed by atoms with E-state index in [1.165, 1.54) is 4.90 Å². The first kappa shape index (κ1) is 27.5. The second kappa shape index (κ2) is 11.2. The van der Waals surface area contributed by atoms with Gasteiger partial charge in [0.2, 0.25) is 17.8 Å². The second-order valence-corrected chi connectivity index (χ2v) is 11.3. The number of nitrogens with one attached hydrogen (secondary N) is 2. The monoisotopic (exact) mass is 594 g/mol. The Labute approximate surface area is 240 Å². The number of fused-ring (bicyclic) bond motifs is 1. The van der Waals surface area contributed by atoms with Crippen molar-refractivity contribution >= 4 is 75.6 Å². The fourth-order valence-corrected chi connectivity index (χ4v) is 6.47. The van der Waals surface area contributed by atoms with Gasteiger partial charge in [0, 0.05) is 29.6 Å². The van der Waals surface area contributed by atoms with Crippen LogP contribution in [0, 0.1) is 5.92 Å². The zero-order chi connectivity index (χ0) is 27.8. The van der Waals surface area contributed by atoms with E-state index < -0.39 is 6.09 Å². The lowest BCUT2D eigenvalue weighted by Crippen LogP contribution is -2.51. The average molecular weight is 596 g/mol. The van der Waals surface area contributed by atoms with Crippen LogP contribution >= 0.6 is 34.8 Å². The van der Waals surface area contributed by atoms with Crippen LogP contribution in [0.2, 0.25) is 15.1 Å². The molecule has 208 valence electrons. The zero-order valence-corrected chi connectivity index (χ0v) is 23.5. The summed E-state index contributed by atoms with van der Waals surface area (Å²) in [4.78, 5) is 38.9. The predicted octanol–water partition coefficient (Wildman–Crippen LogP) is 5.69. The highest BCUT2D eigenvalue weighted by Gasteiger charge is 2.32. The minimum atomic E-state index is -0.940. The number of aromatic nitrogens is 4. The molecule has 2 aromatic heterocycles. The molecular weight excluding hydrogens is 567 g/mol. The van der Waals surface area contributed by atoms with E-state index in [9.17, 15) is 14.7 Å². The van der Waals surface area contributed by atoms with Crippen LogP contribution < -0.4 is 16.4 Å². The number of likely N-dealkylation sites (tertiary alicyclic amines) is 1. The third kappa shape index (κ3) is 5.66. The van der Waals surface area contributed by atoms with Crippen molar-refractivity contribution in [2.24, 2.45) is 11.7 Å². The lowest BCUT2D eigenvalue weighted by molar-refractivity contribution is -0.122. The molecule has 0 bridgehead atoms. The van der Waals surface area contributed by atoms with Gasteiger partial charge in [-0.1, -0.05) is 34.8 Å². The lowest BCUT2D eigenvalue weighted by Gasteiger charge is -2.37. The number of carbonyl (C=O) groups excluding carboxylic acids is 1. The van der Waals surface area contributed by atoms with E-state index >= 15 is 0 Å². The van der Waals surface area contributed by atoms with Crippen LogP contribution in [0.1, 0.15) is 51.5 Å². The van der Waals surface area contributed by atoms with Crippen LogP contribution in [0.3, 0.4) is 0 Å². The second-order valence-electron chi connectivity index (χ2n) is 10.1. The van der Waals surface area contributed by atoms with Crippen LogP contribution in [0.25, 0.3) is 11.2 Å². The highest BCUT2D eigenvalue weighted by molar-refractivity contribution is 6.41. The summed E-state index contributed by atoms with van der Waals surface area (Å²) in [7, 11) is 0. The maximum Gasteiger partial charge on any atom is 0.407 e. The molecule has 14 heteroatoms. The van der Waals surface area contributed by atoms with Gasteiger partial charge < -0.3 is 26.4 Å². The third-order valence-corrected chi connectivity index (χ3v) is 8.50. The van der Waals surface area contributed by atoms with Crippen molar-refractivity contribution in [1.29, 1.82) is 0 Å². The fraction of sp³-hybridized carbons (Fsp3) is 0.480. The smallest absolute Gasteiger partial charge is 0.407 e. The Hall–Kier alpha value is -3.02. The number of hydrogen-bond donors (Lipinski definition) is 4. The van der Waals surface area contributed by atoms with Crippen LogP contribution in [0.4, 0.5) is 22.4 Å². The van der Waals surface area contributed by atoms with Gasteiger partial charge in [0.05, 0.1) is 28.0 Å². The van der Waals surface area contributed by atoms with E-state index in [1.807, 2.05) is 11.5 Å². The molecule has 1 aliphatic carbocycles. The number of halogens is 3. The van der Waals surface area contributed by atoms with E-state index in [4.69, 9.17) is 50.5 Å². The van der Waals surface area contributed by atoms with E-state index in [0.717, 1.165) is 12.8 Å². The van der Waals surface area contributed by atoms with Crippen molar-refractivity contribution in [3.63, 3.8) is 0 Å². The lowest BCUT2D eigenvalue weighted by atomic mass is 9.85. The molecule has 5 N–H and O–H groups in total. The molecular formula is C25H29Cl3N8O3. The molecule has 5 rings (SSSR count). The normalized spacial score (nSPS) is 23.5. The SMILES string of the molecule is CC1C(Nc2ncc3nc(Nc4c(Cl)cc(Cl)cc4Cl)n(C4CCC(C(N)=O)CC4)c3n2)CCCN1C(=O)O. The summed E-state index contributed by atoms with van der Waals surface area (Å²) in [6.45, 7) is 2.38. The van der Waals surface area contributed by atoms with Crippen molar-refractivity contribution in [3.05, 3.63) is 33.4 Å². The van der Waals surface area contributed by atoms with E-state index in [-0.39, 0.29) is 30.0 Å². The number of amides is 2. The zero-order valence-electron chi connectivity index (χ0n) is 21.2. The number of primary amides is 1. The molecule has 1 saturated carbocycles. The minimum Gasteiger partial charge on any atom is -0.465 e. The number of nitrogens with zero attached hydrogens (tertiary/aromatic N) is 5. The Balaban J connectivity index is 1.51. The van der Waals surface area contributed by atoms with Gasteiger partial charge in [-0.2, -0.15) is 4.98 Å². The molecule has 2 aliphatic rings. The van der Waals surface area contributed by atoms with Gasteiger partial charge in [-0.05, 0) is 57.6 Å². The highest BCUT2D eigenvalue weighted by Crippen LogP contribution is 2.40. The van der Waals surface area contributed by atoms with Gasteiger partial charge in [0.1, 0.15) is 5.52 Å². The van der Waals surface area contributed by atoms with Crippen molar-refractivity contribution < 1.29 is 14.7 Å². The topological polar surface area (TPSA) is 151 Å². The fourth-order valence-electron chi connectivity index (χ4n) is 5.56. The molecule has 2 amide bonds. The summed E-state index contributed by atoms with van der Waals surface area (Å²) in [6.07, 6.45) is 4.95. The molecule has 11 nitrogen and oxygen atoms in total. The number of carbonyl (C=O) groups is 2. The largest absolute Gasteiger partial charge is 0.465 e. The van der Waals surface area contributed by atoms with Crippen molar-refractivity contribution in [3.8, 4) is 0 Å². The molecule has 3 heterocycles. The van der Waals surface area contributed by atoms with Gasteiger partial charge in [-0.25, -0.2) is 14.8 Å². The van der Waals surface area contributed by atoms with Crippen LogP contribution in [-0.4, -0.2) is 60.2 Å². The van der Waals surface area contributed by atoms with E-state index in [0.29, 0.717) is 76.0 Å². The van der Waals surface area contributed by atoms with Crippen molar-refractivity contribution in [2.75, 3.05) is 17.2 Å². The Morgan fingerprint density at radius 3 is 2.41 bits per heavy atom. The third-order valence-electron chi connectivity index (χ3n) is 7.69. The number of rotatable bonds is 6. The summed E-state index contributed by atoms with van der Waals surface area (Å²) in [6, 6.07) is 2.79. The Morgan fingerprint density at radius 2 is 1.77 bits per heavy atom. The molecule has 1 saturated heterocycles. The first-order valence-corrected chi connectivity index (χ1v) is 14.0. The summed E-state index contributed by atoms with van der Waals surface area (Å²) in [5, 5.41) is 17.2. The standard InChI is InChI=1S/C25H29Cl3N8O3/c1-12-18(3-2-8-35(12)25(38)39)31-23-30-11-19-22(34-23)36(15-6-4-13(5-7-15)21(29)37)24(32-19)33-20-16(27)9-14(26)10-17(20)28/h9-13,15,18H,2-8H2,1H3,(H2,29,37)(H,32,33)(H,38,39)(H,30,31,34). The molecule has 0 spiro atoms. The molecule has 0 radical (unpaired) electrons. The Kier molecular flexibility index (Phi) is 7.93. The number of anilines is 3. The maximum atomic E-state index is 11.8. The minimum absolute atomic E-state index is 0.0168. The Bertz CT molecular complexity index is 1390. The van der Waals surface area contributed by atoms with Crippen LogP contribution in [-0.2, 0) is 4.79 Å². The van der Waals surface area contributed by atoms with Gasteiger partial charge >= 0.3 is 6.09 Å². The van der Waals surface area contributed by atoms with Gasteiger partial charge in [0.15, 0.2) is 5.65 Å². The first-order chi connectivity index (χ1) is 18.6. The number of hydrogen-bond acceptors (Lipinski definition) is 7. The van der Waals surface area contributed by atoms with Gasteiger partial charge in [0.25, 0.3) is 0 Å². The molecule has 1 aliphatic heterocycles. The van der Waals surface area contributed by atoms with Crippen molar-refractivity contribution in [1.82, 2.24) is 24.4 Å². The van der Waals surface area contributed by atoms with Gasteiger partial charge in [-0.15, -0.1) is 0 Å². The number of benzene rings is 1. The van der Waals surface area contributed by atoms with E-state index in [1.54, 1.807) is 18.3 Å². The summed E-state index contributed by atoms with van der Waals surface area (Å²) in [5.41, 5.74) is 7.18. The quantitative estimate of drug-likeness (QED) is 0.284. The molecule has 2 fully saturated rings. The molecule has 2 unspecified atom stereocenters. The summed E-state index contributed by atoms with van der Waals surface area (Å²) >= 11 is 19.0. The summed E-state index contributed by atoms with van der Waals surface area (Å²) < 4.78 is 1.99. The van der Waals surface area contributed by atoms with Crippen LogP contribution in [0.15, 0.2) is 18.3 Å². The number of imidazole rings is 1. The Morgan fingerprint density at radius 1 is 1.08 bits per heavy atom.